The molecule has 5 aliphatic rings. The van der Waals surface area contributed by atoms with Crippen molar-refractivity contribution >= 4 is 17.3 Å². The predicted octanol–water partition coefficient (Wildman–Crippen LogP) is 2.75. The van der Waals surface area contributed by atoms with Gasteiger partial charge in [-0.1, -0.05) is 6.07 Å². The van der Waals surface area contributed by atoms with Crippen LogP contribution >= 0.6 is 0 Å². The Morgan fingerprint density at radius 3 is 2.35 bits per heavy atom. The first kappa shape index (κ1) is 22.1. The van der Waals surface area contributed by atoms with Gasteiger partial charge in [-0.3, -0.25) is 14.5 Å². The van der Waals surface area contributed by atoms with Crippen LogP contribution in [0.3, 0.4) is 0 Å². The third kappa shape index (κ3) is 3.92. The third-order valence-electron chi connectivity index (χ3n) is 9.07. The number of nitrogens with zero attached hydrogens (tertiary/aromatic N) is 3. The summed E-state index contributed by atoms with van der Waals surface area (Å²) in [4.78, 5) is 33.6. The fraction of sp³-hybridized carbons (Fsp3) is 0.667. The van der Waals surface area contributed by atoms with Gasteiger partial charge >= 0.3 is 11.7 Å². The maximum absolute atomic E-state index is 13.6. The van der Waals surface area contributed by atoms with Crippen molar-refractivity contribution in [1.82, 2.24) is 20.1 Å². The van der Waals surface area contributed by atoms with E-state index in [4.69, 9.17) is 0 Å². The molecular formula is C27H38N5O2+. The number of nitrogens with one attached hydrogen (secondary N) is 2. The Morgan fingerprint density at radius 1 is 1.09 bits per heavy atom. The van der Waals surface area contributed by atoms with Crippen LogP contribution in [0.25, 0.3) is 5.52 Å². The molecule has 1 aliphatic heterocycles. The third-order valence-corrected chi connectivity index (χ3v) is 9.07. The Labute approximate surface area is 201 Å². The van der Waals surface area contributed by atoms with Gasteiger partial charge in [-0.25, -0.2) is 4.98 Å². The van der Waals surface area contributed by atoms with E-state index in [9.17, 15) is 9.59 Å². The number of aromatic amines is 1. The summed E-state index contributed by atoms with van der Waals surface area (Å²) in [6, 6.07) is 6.12. The number of hydrogen-bond acceptors (Lipinski definition) is 3. The number of carbonyl (C=O) groups excluding carboxylic acids is 2. The maximum atomic E-state index is 13.6. The van der Waals surface area contributed by atoms with Crippen LogP contribution in [-0.4, -0.2) is 59.3 Å². The van der Waals surface area contributed by atoms with Gasteiger partial charge < -0.3 is 10.2 Å². The normalized spacial score (nSPS) is 31.2. The van der Waals surface area contributed by atoms with Crippen LogP contribution in [0, 0.1) is 23.7 Å². The van der Waals surface area contributed by atoms with Crippen LogP contribution < -0.4 is 9.72 Å². The van der Waals surface area contributed by atoms with Crippen LogP contribution in [0.15, 0.2) is 24.4 Å². The summed E-state index contributed by atoms with van der Waals surface area (Å²) < 4.78 is 2.02. The zero-order chi connectivity index (χ0) is 23.4. The Kier molecular flexibility index (Phi) is 5.43. The summed E-state index contributed by atoms with van der Waals surface area (Å²) >= 11 is 0. The predicted molar refractivity (Wildman–Crippen MR) is 129 cm³/mol. The Morgan fingerprint density at radius 2 is 1.74 bits per heavy atom. The van der Waals surface area contributed by atoms with Gasteiger partial charge in [0.15, 0.2) is 11.2 Å². The lowest BCUT2D eigenvalue weighted by Gasteiger charge is -2.56. The van der Waals surface area contributed by atoms with E-state index < -0.39 is 0 Å². The average Bonchev–Trinajstić information content (AvgIpc) is 3.16. The van der Waals surface area contributed by atoms with Crippen LogP contribution in [0.4, 0.5) is 0 Å². The molecule has 3 heterocycles. The molecule has 5 fully saturated rings. The zero-order valence-electron chi connectivity index (χ0n) is 20.6. The van der Waals surface area contributed by atoms with Gasteiger partial charge in [0.2, 0.25) is 5.91 Å². The minimum Gasteiger partial charge on any atom is -0.349 e. The topological polar surface area (TPSA) is 72.5 Å². The van der Waals surface area contributed by atoms with Crippen molar-refractivity contribution in [2.75, 3.05) is 27.2 Å². The molecule has 34 heavy (non-hydrogen) atoms. The molecule has 4 aliphatic carbocycles. The van der Waals surface area contributed by atoms with Gasteiger partial charge in [-0.05, 0) is 94.3 Å². The lowest BCUT2D eigenvalue weighted by Crippen LogP contribution is -2.60. The molecule has 4 saturated carbocycles. The van der Waals surface area contributed by atoms with Gasteiger partial charge in [-0.15, -0.1) is 0 Å². The second-order valence-corrected chi connectivity index (χ2v) is 11.8. The lowest BCUT2D eigenvalue weighted by molar-refractivity contribution is -0.514. The number of H-pyrrole nitrogens is 1. The van der Waals surface area contributed by atoms with Crippen LogP contribution in [0.1, 0.15) is 67.7 Å². The van der Waals surface area contributed by atoms with Gasteiger partial charge in [0, 0.05) is 25.6 Å². The molecule has 2 aromatic heterocycles. The van der Waals surface area contributed by atoms with Crippen molar-refractivity contribution in [2.24, 2.45) is 23.7 Å². The summed E-state index contributed by atoms with van der Waals surface area (Å²) in [6.07, 6.45) is 11.4. The highest BCUT2D eigenvalue weighted by Gasteiger charge is 2.52. The molecule has 2 N–H and O–H groups in total. The number of amides is 2. The van der Waals surface area contributed by atoms with Crippen molar-refractivity contribution in [2.45, 2.75) is 63.5 Å². The zero-order valence-corrected chi connectivity index (χ0v) is 20.6. The highest BCUT2D eigenvalue weighted by atomic mass is 16.2. The molecule has 0 aromatic carbocycles. The summed E-state index contributed by atoms with van der Waals surface area (Å²) in [7, 11) is 3.68. The number of fused-ring (bicyclic) bond motifs is 1. The first-order chi connectivity index (χ1) is 16.4. The van der Waals surface area contributed by atoms with E-state index in [0.717, 1.165) is 80.7 Å². The molecule has 7 nitrogen and oxygen atoms in total. The van der Waals surface area contributed by atoms with E-state index in [2.05, 4.69) is 21.3 Å². The molecule has 2 amide bonds. The average molecular weight is 465 g/mol. The number of rotatable bonds is 5. The maximum Gasteiger partial charge on any atom is 0.351 e. The van der Waals surface area contributed by atoms with Crippen LogP contribution in [0.2, 0.25) is 0 Å². The van der Waals surface area contributed by atoms with Gasteiger partial charge in [0.1, 0.15) is 0 Å². The van der Waals surface area contributed by atoms with Gasteiger partial charge in [0.05, 0.1) is 12.7 Å². The minimum absolute atomic E-state index is 0.000369. The molecule has 0 atom stereocenters. The number of imidazole rings is 1. The van der Waals surface area contributed by atoms with Gasteiger partial charge in [-0.2, -0.15) is 4.40 Å². The monoisotopic (exact) mass is 464 g/mol. The molecule has 2 aromatic rings. The van der Waals surface area contributed by atoms with E-state index in [-0.39, 0.29) is 23.3 Å². The first-order valence-corrected chi connectivity index (χ1v) is 13.2. The first-order valence-electron chi connectivity index (χ1n) is 13.2. The van der Waals surface area contributed by atoms with Crippen molar-refractivity contribution < 1.29 is 14.0 Å². The standard InChI is InChI=1S/C27H37N5O2/c1-30(2)26(34)21-6-9-31(10-7-21)17-22-23-5-3-4-8-32(23)24(28-22)25(33)29-27-14-18-11-19(15-27)13-20(12-18)16-27/h3-5,8,18-21H,6-7,9-17H2,1-2H3,(H,29,33)/p+1. The molecule has 0 spiro atoms. The van der Waals surface area contributed by atoms with Crippen molar-refractivity contribution in [3.63, 3.8) is 0 Å². The van der Waals surface area contributed by atoms with E-state index in [1.807, 2.05) is 36.8 Å². The summed E-state index contributed by atoms with van der Waals surface area (Å²) in [5, 5.41) is 3.53. The van der Waals surface area contributed by atoms with Crippen molar-refractivity contribution in [1.29, 1.82) is 0 Å². The number of carbonyl (C=O) groups is 2. The molecule has 182 valence electrons. The van der Waals surface area contributed by atoms with Crippen molar-refractivity contribution in [3.05, 3.63) is 35.9 Å². The Hall–Kier alpha value is -2.41. The van der Waals surface area contributed by atoms with Crippen LogP contribution in [-0.2, 0) is 11.3 Å². The van der Waals surface area contributed by atoms with E-state index >= 15 is 0 Å². The largest absolute Gasteiger partial charge is 0.351 e. The Bertz CT molecular complexity index is 1060. The number of hydrogen-bond donors (Lipinski definition) is 2. The highest BCUT2D eigenvalue weighted by Crippen LogP contribution is 2.55. The molecule has 1 saturated heterocycles. The van der Waals surface area contributed by atoms with Gasteiger partial charge in [0.25, 0.3) is 0 Å². The second kappa shape index (κ2) is 8.36. The molecule has 0 radical (unpaired) electrons. The molecule has 4 bridgehead atoms. The number of piperidine rings is 1. The molecule has 7 rings (SSSR count). The number of likely N-dealkylation sites (tertiary alicyclic amines) is 1. The summed E-state index contributed by atoms with van der Waals surface area (Å²) in [5.41, 5.74) is 2.14. The number of pyridine rings is 1. The lowest BCUT2D eigenvalue weighted by atomic mass is 9.53. The smallest absolute Gasteiger partial charge is 0.349 e. The van der Waals surface area contributed by atoms with E-state index in [1.54, 1.807) is 4.90 Å². The molecule has 0 unspecified atom stereocenters. The van der Waals surface area contributed by atoms with Crippen molar-refractivity contribution in [3.8, 4) is 0 Å². The minimum atomic E-state index is -0.000369. The van der Waals surface area contributed by atoms with Crippen LogP contribution in [0.5, 0.6) is 0 Å². The molecule has 7 heteroatoms. The molecular weight excluding hydrogens is 426 g/mol. The highest BCUT2D eigenvalue weighted by molar-refractivity contribution is 5.90. The fourth-order valence-corrected chi connectivity index (χ4v) is 7.93. The quantitative estimate of drug-likeness (QED) is 0.669. The SMILES string of the molecule is CN(C)C(=O)C1CCN(Cc2[nH]c(C(=O)NC34CC5CC(CC(C5)C3)C4)[n+]3ccccc23)CC1. The Balaban J connectivity index is 1.19. The second-order valence-electron chi connectivity index (χ2n) is 11.8. The number of aromatic nitrogens is 2. The summed E-state index contributed by atoms with van der Waals surface area (Å²) in [5.74, 6) is 3.45. The van der Waals surface area contributed by atoms with E-state index in [0.29, 0.717) is 5.82 Å². The summed E-state index contributed by atoms with van der Waals surface area (Å²) in [6.45, 7) is 2.56. The van der Waals surface area contributed by atoms with E-state index in [1.165, 1.54) is 19.3 Å². The fourth-order valence-electron chi connectivity index (χ4n) is 7.93.